The molecule has 0 saturated carbocycles. The molecule has 13 aromatic carbocycles. The van der Waals surface area contributed by atoms with Gasteiger partial charge in [0.15, 0.2) is 0 Å². The van der Waals surface area contributed by atoms with Crippen LogP contribution in [0, 0.1) is 0 Å². The first kappa shape index (κ1) is 41.4. The molecule has 0 aliphatic carbocycles. The highest BCUT2D eigenvalue weighted by Crippen LogP contribution is 2.57. The van der Waals surface area contributed by atoms with Crippen molar-refractivity contribution in [3.63, 3.8) is 0 Å². The molecule has 0 radical (unpaired) electrons. The Labute approximate surface area is 405 Å². The van der Waals surface area contributed by atoms with Crippen LogP contribution in [0.5, 0.6) is 0 Å². The Morgan fingerprint density at radius 3 is 1.25 bits per heavy atom. The molecule has 0 aliphatic rings. The maximum Gasteiger partial charge on any atom is -0.000696 e. The topological polar surface area (TPSA) is 0 Å². The van der Waals surface area contributed by atoms with E-state index in [-0.39, 0.29) is 0 Å². The van der Waals surface area contributed by atoms with Gasteiger partial charge in [-0.2, -0.15) is 0 Å². The minimum Gasteiger partial charge on any atom is -0.0622 e. The summed E-state index contributed by atoms with van der Waals surface area (Å²) in [6, 6.07) is 76.2. The van der Waals surface area contributed by atoms with Crippen LogP contribution in [-0.2, 0) is 0 Å². The molecule has 0 spiro atoms. The van der Waals surface area contributed by atoms with Crippen LogP contribution in [0.2, 0.25) is 0 Å². The Morgan fingerprint density at radius 1 is 0.232 bits per heavy atom. The van der Waals surface area contributed by atoms with Gasteiger partial charge < -0.3 is 0 Å². The molecule has 0 heteroatoms. The zero-order valence-corrected chi connectivity index (χ0v) is 40.3. The lowest BCUT2D eigenvalue weighted by Crippen LogP contribution is -2.04. The number of benzene rings is 11. The van der Waals surface area contributed by atoms with Crippen molar-refractivity contribution in [2.75, 3.05) is 0 Å². The Hall–Kier alpha value is -7.80. The molecule has 13 rings (SSSR count). The van der Waals surface area contributed by atoms with Gasteiger partial charge in [-0.15, -0.1) is 0 Å². The Bertz CT molecular complexity index is 4100. The number of hydrogen-bond donors (Lipinski definition) is 0. The third-order valence-electron chi connectivity index (χ3n) is 15.5. The molecule has 0 heterocycles. The quantitative estimate of drug-likeness (QED) is 0.133. The van der Waals surface area contributed by atoms with Crippen molar-refractivity contribution in [2.24, 2.45) is 0 Å². The van der Waals surface area contributed by atoms with E-state index in [1.807, 2.05) is 0 Å². The van der Waals surface area contributed by atoms with Gasteiger partial charge in [0, 0.05) is 0 Å². The highest BCUT2D eigenvalue weighted by Gasteiger charge is 2.30. The van der Waals surface area contributed by atoms with Gasteiger partial charge in [-0.1, -0.05) is 236 Å². The lowest BCUT2D eigenvalue weighted by atomic mass is 9.80. The van der Waals surface area contributed by atoms with Crippen molar-refractivity contribution in [3.8, 4) is 55.6 Å². The molecule has 0 amide bonds. The predicted octanol–water partition coefficient (Wildman–Crippen LogP) is 20.3. The minimum atomic E-state index is 0.361. The van der Waals surface area contributed by atoms with Crippen LogP contribution in [0.3, 0.4) is 0 Å². The van der Waals surface area contributed by atoms with Gasteiger partial charge in [0.1, 0.15) is 0 Å². The van der Waals surface area contributed by atoms with E-state index in [0.29, 0.717) is 17.8 Å². The summed E-state index contributed by atoms with van der Waals surface area (Å²) in [7, 11) is 0. The van der Waals surface area contributed by atoms with Gasteiger partial charge in [-0.3, -0.25) is 0 Å². The molecular formula is C69H54. The SMILES string of the molecule is CC(C)c1cc(C(C)C)c(-c2ccc3c4c(-c5ccccc5-c5ccccc5)c5cc6c7ccccc7c7cccc(c5c(-c5ccccc5-c5ccccc5)c4c4cccc2c34)c76)c(C(C)C)c1. The maximum absolute atomic E-state index is 2.58. The lowest BCUT2D eigenvalue weighted by molar-refractivity contribution is 0.808. The van der Waals surface area contributed by atoms with Crippen molar-refractivity contribution >= 4 is 75.4 Å². The third kappa shape index (κ3) is 6.14. The second kappa shape index (κ2) is 15.9. The third-order valence-corrected chi connectivity index (χ3v) is 15.5. The molecule has 0 N–H and O–H groups in total. The van der Waals surface area contributed by atoms with Crippen molar-refractivity contribution < 1.29 is 0 Å². The standard InChI is InChI=1S/C69H54/c1-40(2)45-37-58(41(3)4)64(59(38-45)42(5)6)54-35-36-57-62-53(54)32-20-34-56(62)69-67(51-30-18-14-26-47(51)44-23-11-8-12-24-44)66-55-33-19-31-52-48-27-15-16-28-49(48)60(63(52)55)39-61(66)65(68(57)69)50-29-17-13-25-46(50)43-21-9-7-10-22-43/h7-42H,1-6H3. The Balaban J connectivity index is 1.31. The van der Waals surface area contributed by atoms with E-state index in [0.717, 1.165) is 0 Å². The van der Waals surface area contributed by atoms with E-state index < -0.39 is 0 Å². The highest BCUT2D eigenvalue weighted by molar-refractivity contribution is 6.45. The summed E-state index contributed by atoms with van der Waals surface area (Å²) in [6.45, 7) is 14.2. The van der Waals surface area contributed by atoms with Crippen LogP contribution in [0.25, 0.3) is 131 Å². The number of fused-ring (bicyclic) bond motifs is 8. The minimum absolute atomic E-state index is 0.361. The van der Waals surface area contributed by atoms with E-state index in [9.17, 15) is 0 Å². The number of rotatable bonds is 8. The van der Waals surface area contributed by atoms with Crippen LogP contribution in [0.4, 0.5) is 0 Å². The summed E-state index contributed by atoms with van der Waals surface area (Å²) in [6.07, 6.45) is 0. The van der Waals surface area contributed by atoms with Crippen molar-refractivity contribution in [1.29, 1.82) is 0 Å². The van der Waals surface area contributed by atoms with Gasteiger partial charge >= 0.3 is 0 Å². The molecule has 0 aromatic heterocycles. The van der Waals surface area contributed by atoms with Gasteiger partial charge in [0.2, 0.25) is 0 Å². The largest absolute Gasteiger partial charge is 0.0622 e. The second-order valence-electron chi connectivity index (χ2n) is 20.4. The normalized spacial score (nSPS) is 12.3. The van der Waals surface area contributed by atoms with Gasteiger partial charge in [0.25, 0.3) is 0 Å². The molecule has 0 fully saturated rings. The average Bonchev–Trinajstić information content (AvgIpc) is 3.89. The average molecular weight is 883 g/mol. The molecule has 0 unspecified atom stereocenters. The maximum atomic E-state index is 2.58. The molecular weight excluding hydrogens is 829 g/mol. The molecule has 0 bridgehead atoms. The summed E-state index contributed by atoms with van der Waals surface area (Å²) in [5.41, 5.74) is 17.0. The summed E-state index contributed by atoms with van der Waals surface area (Å²) in [5.74, 6) is 1.17. The zero-order valence-electron chi connectivity index (χ0n) is 40.3. The summed E-state index contributed by atoms with van der Waals surface area (Å²) in [5, 5.41) is 18.4. The van der Waals surface area contributed by atoms with Gasteiger partial charge in [0.05, 0.1) is 0 Å². The molecule has 0 nitrogen and oxygen atoms in total. The van der Waals surface area contributed by atoms with Gasteiger partial charge in [-0.05, 0) is 172 Å². The van der Waals surface area contributed by atoms with Crippen LogP contribution >= 0.6 is 0 Å². The summed E-state index contributed by atoms with van der Waals surface area (Å²) in [4.78, 5) is 0. The lowest BCUT2D eigenvalue weighted by Gasteiger charge is -2.24. The van der Waals surface area contributed by atoms with Crippen molar-refractivity contribution in [3.05, 3.63) is 217 Å². The Morgan fingerprint density at radius 2 is 0.667 bits per heavy atom. The molecule has 330 valence electrons. The van der Waals surface area contributed by atoms with Crippen LogP contribution in [0.15, 0.2) is 200 Å². The smallest absolute Gasteiger partial charge is 0.000696 e. The summed E-state index contributed by atoms with van der Waals surface area (Å²) < 4.78 is 0. The van der Waals surface area contributed by atoms with Crippen molar-refractivity contribution in [1.82, 2.24) is 0 Å². The molecule has 69 heavy (non-hydrogen) atoms. The van der Waals surface area contributed by atoms with Crippen LogP contribution in [-0.4, -0.2) is 0 Å². The second-order valence-corrected chi connectivity index (χ2v) is 20.4. The van der Waals surface area contributed by atoms with Crippen LogP contribution < -0.4 is 0 Å². The van der Waals surface area contributed by atoms with E-state index in [4.69, 9.17) is 0 Å². The fourth-order valence-electron chi connectivity index (χ4n) is 12.4. The predicted molar refractivity (Wildman–Crippen MR) is 301 cm³/mol. The first-order chi connectivity index (χ1) is 33.8. The first-order valence-corrected chi connectivity index (χ1v) is 25.0. The molecule has 0 saturated heterocycles. The van der Waals surface area contributed by atoms with E-state index in [2.05, 4.69) is 242 Å². The fourth-order valence-corrected chi connectivity index (χ4v) is 12.4. The zero-order chi connectivity index (χ0) is 46.7. The monoisotopic (exact) mass is 882 g/mol. The molecule has 13 aromatic rings. The Kier molecular flexibility index (Phi) is 9.54. The molecule has 0 atom stereocenters. The van der Waals surface area contributed by atoms with E-state index in [1.165, 1.54) is 148 Å². The summed E-state index contributed by atoms with van der Waals surface area (Å²) >= 11 is 0. The first-order valence-electron chi connectivity index (χ1n) is 25.0. The van der Waals surface area contributed by atoms with Crippen LogP contribution in [0.1, 0.15) is 76.0 Å². The molecule has 0 aliphatic heterocycles. The van der Waals surface area contributed by atoms with E-state index >= 15 is 0 Å². The van der Waals surface area contributed by atoms with Crippen molar-refractivity contribution in [2.45, 2.75) is 59.3 Å². The van der Waals surface area contributed by atoms with Gasteiger partial charge in [-0.25, -0.2) is 0 Å². The fraction of sp³-hybridized carbons (Fsp3) is 0.130. The number of hydrogen-bond acceptors (Lipinski definition) is 0. The highest BCUT2D eigenvalue weighted by atomic mass is 14.3. The van der Waals surface area contributed by atoms with E-state index in [1.54, 1.807) is 0 Å².